The third kappa shape index (κ3) is 2.31. The SMILES string of the molecule is COc1cc(C#N)ccc1[C@H]1C[C@@H](O)C(CO)O1. The summed E-state index contributed by atoms with van der Waals surface area (Å²) in [5.74, 6) is 0.560. The summed E-state index contributed by atoms with van der Waals surface area (Å²) in [4.78, 5) is 0. The first-order chi connectivity index (χ1) is 8.69. The van der Waals surface area contributed by atoms with Gasteiger partial charge in [0.05, 0.1) is 37.6 Å². The van der Waals surface area contributed by atoms with Gasteiger partial charge in [0.1, 0.15) is 11.9 Å². The van der Waals surface area contributed by atoms with Crippen molar-refractivity contribution in [2.75, 3.05) is 13.7 Å². The predicted molar refractivity (Wildman–Crippen MR) is 63.0 cm³/mol. The van der Waals surface area contributed by atoms with Gasteiger partial charge < -0.3 is 19.7 Å². The Bertz CT molecular complexity index is 469. The highest BCUT2D eigenvalue weighted by Crippen LogP contribution is 2.37. The fourth-order valence-electron chi connectivity index (χ4n) is 2.14. The van der Waals surface area contributed by atoms with E-state index in [0.29, 0.717) is 17.7 Å². The van der Waals surface area contributed by atoms with Crippen molar-refractivity contribution < 1.29 is 19.7 Å². The zero-order chi connectivity index (χ0) is 13.1. The van der Waals surface area contributed by atoms with Crippen LogP contribution in [0.4, 0.5) is 0 Å². The molecule has 0 spiro atoms. The molecule has 2 rings (SSSR count). The quantitative estimate of drug-likeness (QED) is 0.826. The minimum atomic E-state index is -0.680. The van der Waals surface area contributed by atoms with Gasteiger partial charge in [-0.05, 0) is 12.1 Å². The van der Waals surface area contributed by atoms with Crippen molar-refractivity contribution in [3.63, 3.8) is 0 Å². The number of nitriles is 1. The van der Waals surface area contributed by atoms with Crippen LogP contribution >= 0.6 is 0 Å². The smallest absolute Gasteiger partial charge is 0.125 e. The van der Waals surface area contributed by atoms with E-state index in [1.807, 2.05) is 6.07 Å². The number of hydrogen-bond donors (Lipinski definition) is 2. The molecule has 5 nitrogen and oxygen atoms in total. The summed E-state index contributed by atoms with van der Waals surface area (Å²) >= 11 is 0. The van der Waals surface area contributed by atoms with Gasteiger partial charge in [-0.1, -0.05) is 6.07 Å². The summed E-state index contributed by atoms with van der Waals surface area (Å²) in [6, 6.07) is 7.11. The molecule has 0 bridgehead atoms. The first-order valence-corrected chi connectivity index (χ1v) is 5.72. The highest BCUT2D eigenvalue weighted by atomic mass is 16.5. The van der Waals surface area contributed by atoms with Crippen molar-refractivity contribution in [2.45, 2.75) is 24.7 Å². The summed E-state index contributed by atoms with van der Waals surface area (Å²) in [7, 11) is 1.52. The first kappa shape index (κ1) is 12.8. The molecule has 96 valence electrons. The Morgan fingerprint density at radius 3 is 2.89 bits per heavy atom. The molecule has 1 aliphatic rings. The number of ether oxygens (including phenoxy) is 2. The van der Waals surface area contributed by atoms with Gasteiger partial charge in [-0.15, -0.1) is 0 Å². The standard InChI is InChI=1S/C13H15NO4/c1-17-11-4-8(6-14)2-3-9(11)12-5-10(16)13(7-15)18-12/h2-4,10,12-13,15-16H,5,7H2,1H3/t10-,12-,13?/m1/s1. The Labute approximate surface area is 105 Å². The molecule has 2 N–H and O–H groups in total. The Balaban J connectivity index is 2.27. The van der Waals surface area contributed by atoms with Crippen LogP contribution in [-0.2, 0) is 4.74 Å². The molecule has 1 aromatic rings. The van der Waals surface area contributed by atoms with Gasteiger partial charge in [-0.25, -0.2) is 0 Å². The van der Waals surface area contributed by atoms with Crippen LogP contribution in [0.1, 0.15) is 23.7 Å². The molecule has 1 aromatic carbocycles. The number of nitrogens with zero attached hydrogens (tertiary/aromatic N) is 1. The molecule has 0 saturated carbocycles. The van der Waals surface area contributed by atoms with E-state index in [4.69, 9.17) is 19.8 Å². The normalized spacial score (nSPS) is 26.9. The lowest BCUT2D eigenvalue weighted by Gasteiger charge is -2.15. The van der Waals surface area contributed by atoms with E-state index in [9.17, 15) is 5.11 Å². The van der Waals surface area contributed by atoms with Gasteiger partial charge in [-0.3, -0.25) is 0 Å². The van der Waals surface area contributed by atoms with Crippen molar-refractivity contribution in [1.29, 1.82) is 5.26 Å². The molecule has 3 atom stereocenters. The highest BCUT2D eigenvalue weighted by molar-refractivity contribution is 5.43. The molecule has 1 saturated heterocycles. The number of hydrogen-bond acceptors (Lipinski definition) is 5. The molecule has 1 heterocycles. The van der Waals surface area contributed by atoms with Gasteiger partial charge in [0.2, 0.25) is 0 Å². The highest BCUT2D eigenvalue weighted by Gasteiger charge is 2.35. The van der Waals surface area contributed by atoms with Crippen molar-refractivity contribution in [3.8, 4) is 11.8 Å². The zero-order valence-electron chi connectivity index (χ0n) is 10.0. The van der Waals surface area contributed by atoms with Crippen LogP contribution in [0.5, 0.6) is 5.75 Å². The predicted octanol–water partition coefficient (Wildman–Crippen LogP) is 0.750. The first-order valence-electron chi connectivity index (χ1n) is 5.72. The van der Waals surface area contributed by atoms with Gasteiger partial charge in [-0.2, -0.15) is 5.26 Å². The molecule has 0 aliphatic carbocycles. The second-order valence-corrected chi connectivity index (χ2v) is 4.22. The van der Waals surface area contributed by atoms with E-state index in [0.717, 1.165) is 5.56 Å². The number of aliphatic hydroxyl groups excluding tert-OH is 2. The molecule has 1 unspecified atom stereocenters. The fourth-order valence-corrected chi connectivity index (χ4v) is 2.14. The second kappa shape index (κ2) is 5.36. The molecule has 18 heavy (non-hydrogen) atoms. The molecule has 5 heteroatoms. The van der Waals surface area contributed by atoms with Crippen LogP contribution in [0.2, 0.25) is 0 Å². The van der Waals surface area contributed by atoms with Crippen molar-refractivity contribution in [1.82, 2.24) is 0 Å². The van der Waals surface area contributed by atoms with E-state index in [-0.39, 0.29) is 12.7 Å². The lowest BCUT2D eigenvalue weighted by molar-refractivity contribution is -0.0230. The summed E-state index contributed by atoms with van der Waals surface area (Å²) in [6.07, 6.45) is -1.15. The number of rotatable bonds is 3. The maximum atomic E-state index is 9.71. The molecule has 0 aromatic heterocycles. The van der Waals surface area contributed by atoms with E-state index < -0.39 is 12.2 Å². The molecule has 0 amide bonds. The maximum Gasteiger partial charge on any atom is 0.125 e. The maximum absolute atomic E-state index is 9.71. The lowest BCUT2D eigenvalue weighted by Crippen LogP contribution is -2.24. The van der Waals surface area contributed by atoms with Crippen LogP contribution in [0.3, 0.4) is 0 Å². The summed E-state index contributed by atoms with van der Waals surface area (Å²) < 4.78 is 10.8. The van der Waals surface area contributed by atoms with Crippen molar-refractivity contribution in [2.24, 2.45) is 0 Å². The number of methoxy groups -OCH3 is 1. The van der Waals surface area contributed by atoms with Gasteiger partial charge >= 0.3 is 0 Å². The van der Waals surface area contributed by atoms with Crippen LogP contribution in [0.15, 0.2) is 18.2 Å². The van der Waals surface area contributed by atoms with E-state index >= 15 is 0 Å². The van der Waals surface area contributed by atoms with E-state index in [1.165, 1.54) is 7.11 Å². The fraction of sp³-hybridized carbons (Fsp3) is 0.462. The molecule has 1 aliphatic heterocycles. The Hall–Kier alpha value is -1.61. The molecular weight excluding hydrogens is 234 g/mol. The average molecular weight is 249 g/mol. The summed E-state index contributed by atoms with van der Waals surface area (Å²) in [6.45, 7) is -0.212. The number of benzene rings is 1. The summed E-state index contributed by atoms with van der Waals surface area (Å²) in [5, 5.41) is 27.6. The van der Waals surface area contributed by atoms with E-state index in [1.54, 1.807) is 18.2 Å². The van der Waals surface area contributed by atoms with Crippen LogP contribution < -0.4 is 4.74 Å². The second-order valence-electron chi connectivity index (χ2n) is 4.22. The monoisotopic (exact) mass is 249 g/mol. The molecular formula is C13H15NO4. The van der Waals surface area contributed by atoms with Gasteiger partial charge in [0.15, 0.2) is 0 Å². The lowest BCUT2D eigenvalue weighted by atomic mass is 10.0. The van der Waals surface area contributed by atoms with Crippen molar-refractivity contribution >= 4 is 0 Å². The molecule has 1 fully saturated rings. The topological polar surface area (TPSA) is 82.7 Å². The summed E-state index contributed by atoms with van der Waals surface area (Å²) in [5.41, 5.74) is 1.29. The molecule has 0 radical (unpaired) electrons. The van der Waals surface area contributed by atoms with Crippen LogP contribution in [0, 0.1) is 11.3 Å². The minimum absolute atomic E-state index is 0.212. The zero-order valence-corrected chi connectivity index (χ0v) is 10.0. The number of aliphatic hydroxyl groups is 2. The van der Waals surface area contributed by atoms with Gasteiger partial charge in [0, 0.05) is 12.0 Å². The minimum Gasteiger partial charge on any atom is -0.496 e. The van der Waals surface area contributed by atoms with Crippen LogP contribution in [-0.4, -0.2) is 36.1 Å². The van der Waals surface area contributed by atoms with E-state index in [2.05, 4.69) is 0 Å². The Morgan fingerprint density at radius 1 is 1.56 bits per heavy atom. The average Bonchev–Trinajstić information content (AvgIpc) is 2.79. The van der Waals surface area contributed by atoms with Gasteiger partial charge in [0.25, 0.3) is 0 Å². The van der Waals surface area contributed by atoms with Crippen LogP contribution in [0.25, 0.3) is 0 Å². The third-order valence-electron chi connectivity index (χ3n) is 3.11. The van der Waals surface area contributed by atoms with Crippen molar-refractivity contribution in [3.05, 3.63) is 29.3 Å². The third-order valence-corrected chi connectivity index (χ3v) is 3.11. The Morgan fingerprint density at radius 2 is 2.33 bits per heavy atom. The largest absolute Gasteiger partial charge is 0.496 e. The Kier molecular flexibility index (Phi) is 3.82.